The van der Waals surface area contributed by atoms with Gasteiger partial charge in [0.1, 0.15) is 5.82 Å². The molecule has 0 unspecified atom stereocenters. The van der Waals surface area contributed by atoms with E-state index in [4.69, 9.17) is 0 Å². The van der Waals surface area contributed by atoms with Gasteiger partial charge >= 0.3 is 0 Å². The molecule has 0 saturated carbocycles. The highest BCUT2D eigenvalue weighted by Crippen LogP contribution is 2.20. The van der Waals surface area contributed by atoms with Crippen LogP contribution in [-0.4, -0.2) is 29.7 Å². The summed E-state index contributed by atoms with van der Waals surface area (Å²) in [5.74, 6) is -0.840. The van der Waals surface area contributed by atoms with Crippen molar-refractivity contribution in [2.45, 2.75) is 30.7 Å². The SMILES string of the molecule is O=C(CSc1ccc(F)c(F)c1)NCc1ccc(N2CCCCC2)nc1. The quantitative estimate of drug-likeness (QED) is 0.779. The van der Waals surface area contributed by atoms with Crippen LogP contribution in [0.15, 0.2) is 41.4 Å². The lowest BCUT2D eigenvalue weighted by Gasteiger charge is -2.27. The van der Waals surface area contributed by atoms with Crippen molar-refractivity contribution in [3.63, 3.8) is 0 Å². The van der Waals surface area contributed by atoms with Crippen molar-refractivity contribution >= 4 is 23.5 Å². The summed E-state index contributed by atoms with van der Waals surface area (Å²) < 4.78 is 26.0. The summed E-state index contributed by atoms with van der Waals surface area (Å²) >= 11 is 1.17. The average molecular weight is 377 g/mol. The molecule has 1 amide bonds. The Kier molecular flexibility index (Phi) is 6.44. The molecule has 2 heterocycles. The molecule has 0 bridgehead atoms. The number of hydrogen-bond acceptors (Lipinski definition) is 4. The second kappa shape index (κ2) is 8.98. The normalized spacial score (nSPS) is 14.3. The Morgan fingerprint density at radius 3 is 2.62 bits per heavy atom. The molecule has 26 heavy (non-hydrogen) atoms. The lowest BCUT2D eigenvalue weighted by molar-refractivity contribution is -0.118. The highest BCUT2D eigenvalue weighted by Gasteiger charge is 2.12. The zero-order valence-corrected chi connectivity index (χ0v) is 15.2. The number of aromatic nitrogens is 1. The molecule has 138 valence electrons. The Morgan fingerprint density at radius 1 is 1.12 bits per heavy atom. The third kappa shape index (κ3) is 5.17. The van der Waals surface area contributed by atoms with Crippen molar-refractivity contribution in [1.29, 1.82) is 0 Å². The van der Waals surface area contributed by atoms with E-state index in [1.165, 1.54) is 37.1 Å². The number of nitrogens with one attached hydrogen (secondary N) is 1. The van der Waals surface area contributed by atoms with E-state index in [0.29, 0.717) is 11.4 Å². The van der Waals surface area contributed by atoms with Gasteiger partial charge in [-0.25, -0.2) is 13.8 Å². The molecular formula is C19H21F2N3OS. The number of halogens is 2. The summed E-state index contributed by atoms with van der Waals surface area (Å²) in [5, 5.41) is 2.81. The Morgan fingerprint density at radius 2 is 1.92 bits per heavy atom. The van der Waals surface area contributed by atoms with Crippen LogP contribution in [0.1, 0.15) is 24.8 Å². The number of pyridine rings is 1. The fraction of sp³-hybridized carbons (Fsp3) is 0.368. The van der Waals surface area contributed by atoms with Crippen LogP contribution in [-0.2, 0) is 11.3 Å². The minimum Gasteiger partial charge on any atom is -0.357 e. The third-order valence-corrected chi connectivity index (χ3v) is 5.23. The molecule has 0 radical (unpaired) electrons. The summed E-state index contributed by atoms with van der Waals surface area (Å²) in [4.78, 5) is 19.2. The topological polar surface area (TPSA) is 45.2 Å². The standard InChI is InChI=1S/C19H21F2N3OS/c20-16-6-5-15(10-17(16)21)26-13-19(25)23-12-14-4-7-18(22-11-14)24-8-2-1-3-9-24/h4-7,10-11H,1-3,8-9,12-13H2,(H,23,25). The molecule has 7 heteroatoms. The molecule has 1 fully saturated rings. The molecule has 1 aromatic carbocycles. The summed E-state index contributed by atoms with van der Waals surface area (Å²) in [6, 6.07) is 7.57. The highest BCUT2D eigenvalue weighted by atomic mass is 32.2. The van der Waals surface area contributed by atoms with E-state index >= 15 is 0 Å². The van der Waals surface area contributed by atoms with E-state index in [0.717, 1.165) is 36.6 Å². The summed E-state index contributed by atoms with van der Waals surface area (Å²) in [7, 11) is 0. The number of anilines is 1. The van der Waals surface area contributed by atoms with Crippen molar-refractivity contribution < 1.29 is 13.6 Å². The lowest BCUT2D eigenvalue weighted by Crippen LogP contribution is -2.30. The van der Waals surface area contributed by atoms with Crippen LogP contribution in [0, 0.1) is 11.6 Å². The van der Waals surface area contributed by atoms with Gasteiger partial charge in [-0.15, -0.1) is 11.8 Å². The van der Waals surface area contributed by atoms with Crippen LogP contribution in [0.2, 0.25) is 0 Å². The maximum Gasteiger partial charge on any atom is 0.230 e. The van der Waals surface area contributed by atoms with Gasteiger partial charge in [-0.2, -0.15) is 0 Å². The van der Waals surface area contributed by atoms with Crippen LogP contribution in [0.4, 0.5) is 14.6 Å². The largest absolute Gasteiger partial charge is 0.357 e. The molecule has 1 aromatic heterocycles. The Bertz CT molecular complexity index is 749. The summed E-state index contributed by atoms with van der Waals surface area (Å²) in [6.07, 6.45) is 5.47. The van der Waals surface area contributed by atoms with E-state index in [-0.39, 0.29) is 11.7 Å². The monoisotopic (exact) mass is 377 g/mol. The average Bonchev–Trinajstić information content (AvgIpc) is 2.68. The Balaban J connectivity index is 1.44. The number of carbonyl (C=O) groups excluding carboxylic acids is 1. The van der Waals surface area contributed by atoms with Gasteiger partial charge in [-0.3, -0.25) is 4.79 Å². The second-order valence-corrected chi connectivity index (χ2v) is 7.26. The van der Waals surface area contributed by atoms with Gasteiger partial charge in [-0.05, 0) is 49.1 Å². The number of carbonyl (C=O) groups is 1. The number of nitrogens with zero attached hydrogens (tertiary/aromatic N) is 2. The van der Waals surface area contributed by atoms with E-state index in [1.54, 1.807) is 6.20 Å². The zero-order valence-electron chi connectivity index (χ0n) is 14.4. The van der Waals surface area contributed by atoms with Crippen molar-refractivity contribution in [2.75, 3.05) is 23.7 Å². The first-order valence-corrected chi connectivity index (χ1v) is 9.65. The first kappa shape index (κ1) is 18.6. The Hall–Kier alpha value is -2.15. The van der Waals surface area contributed by atoms with E-state index in [9.17, 15) is 13.6 Å². The number of thioether (sulfide) groups is 1. The van der Waals surface area contributed by atoms with Gasteiger partial charge in [0.05, 0.1) is 5.75 Å². The summed E-state index contributed by atoms with van der Waals surface area (Å²) in [6.45, 7) is 2.49. The Labute approximate surface area is 156 Å². The minimum absolute atomic E-state index is 0.143. The van der Waals surface area contributed by atoms with Gasteiger partial charge < -0.3 is 10.2 Å². The molecule has 1 aliphatic rings. The van der Waals surface area contributed by atoms with Gasteiger partial charge in [0.25, 0.3) is 0 Å². The molecule has 1 aliphatic heterocycles. The van der Waals surface area contributed by atoms with Crippen molar-refractivity contribution in [3.8, 4) is 0 Å². The molecule has 1 saturated heterocycles. The van der Waals surface area contributed by atoms with Gasteiger partial charge in [0.2, 0.25) is 5.91 Å². The van der Waals surface area contributed by atoms with Gasteiger partial charge in [0.15, 0.2) is 11.6 Å². The number of benzene rings is 1. The fourth-order valence-corrected chi connectivity index (χ4v) is 3.55. The first-order chi connectivity index (χ1) is 12.6. The molecule has 2 aromatic rings. The molecule has 1 N–H and O–H groups in total. The predicted molar refractivity (Wildman–Crippen MR) is 99.2 cm³/mol. The van der Waals surface area contributed by atoms with Gasteiger partial charge in [-0.1, -0.05) is 6.07 Å². The molecule has 0 aliphatic carbocycles. The predicted octanol–water partition coefficient (Wildman–Crippen LogP) is 3.76. The molecule has 0 spiro atoms. The smallest absolute Gasteiger partial charge is 0.230 e. The van der Waals surface area contributed by atoms with Gasteiger partial charge in [0, 0.05) is 30.7 Å². The number of amides is 1. The summed E-state index contributed by atoms with van der Waals surface area (Å²) in [5.41, 5.74) is 0.928. The maximum atomic E-state index is 13.1. The molecule has 4 nitrogen and oxygen atoms in total. The number of rotatable bonds is 6. The zero-order chi connectivity index (χ0) is 18.4. The number of piperidine rings is 1. The molecule has 3 rings (SSSR count). The van der Waals surface area contributed by atoms with Crippen molar-refractivity contribution in [1.82, 2.24) is 10.3 Å². The molecule has 0 atom stereocenters. The van der Waals surface area contributed by atoms with E-state index < -0.39 is 11.6 Å². The van der Waals surface area contributed by atoms with Crippen LogP contribution >= 0.6 is 11.8 Å². The first-order valence-electron chi connectivity index (χ1n) is 8.66. The minimum atomic E-state index is -0.907. The van der Waals surface area contributed by atoms with Crippen molar-refractivity contribution in [3.05, 3.63) is 53.7 Å². The number of hydrogen-bond donors (Lipinski definition) is 1. The third-order valence-electron chi connectivity index (χ3n) is 4.24. The van der Waals surface area contributed by atoms with E-state index in [1.807, 2.05) is 12.1 Å². The highest BCUT2D eigenvalue weighted by molar-refractivity contribution is 8.00. The van der Waals surface area contributed by atoms with Crippen LogP contribution in [0.25, 0.3) is 0 Å². The fourth-order valence-electron chi connectivity index (χ4n) is 2.80. The van der Waals surface area contributed by atoms with E-state index in [2.05, 4.69) is 15.2 Å². The second-order valence-electron chi connectivity index (χ2n) is 6.21. The molecular weight excluding hydrogens is 356 g/mol. The van der Waals surface area contributed by atoms with Crippen LogP contribution < -0.4 is 10.2 Å². The lowest BCUT2D eigenvalue weighted by atomic mass is 10.1. The van der Waals surface area contributed by atoms with Crippen molar-refractivity contribution in [2.24, 2.45) is 0 Å². The van der Waals surface area contributed by atoms with Crippen LogP contribution in [0.5, 0.6) is 0 Å². The maximum absolute atomic E-state index is 13.1. The van der Waals surface area contributed by atoms with Crippen LogP contribution in [0.3, 0.4) is 0 Å².